The van der Waals surface area contributed by atoms with Crippen molar-refractivity contribution in [2.45, 2.75) is 63.1 Å². The monoisotopic (exact) mass is 480 g/mol. The highest BCUT2D eigenvalue weighted by atomic mass is 32.2. The van der Waals surface area contributed by atoms with Gasteiger partial charge in [0.2, 0.25) is 10.0 Å². The highest BCUT2D eigenvalue weighted by Crippen LogP contribution is 2.46. The average Bonchev–Trinajstić information content (AvgIpc) is 3.21. The Bertz CT molecular complexity index is 1190. The fourth-order valence-corrected chi connectivity index (χ4v) is 7.50. The Morgan fingerprint density at radius 3 is 2.41 bits per heavy atom. The lowest BCUT2D eigenvalue weighted by Crippen LogP contribution is -2.59. The zero-order valence-electron chi connectivity index (χ0n) is 19.9. The molecule has 1 aliphatic carbocycles. The van der Waals surface area contributed by atoms with Crippen molar-refractivity contribution in [3.8, 4) is 0 Å². The maximum atomic E-state index is 13.9. The van der Waals surface area contributed by atoms with Gasteiger partial charge in [0.05, 0.1) is 10.9 Å². The number of amides is 1. The predicted molar refractivity (Wildman–Crippen MR) is 131 cm³/mol. The number of benzene rings is 2. The van der Waals surface area contributed by atoms with Crippen LogP contribution >= 0.6 is 0 Å². The van der Waals surface area contributed by atoms with Gasteiger partial charge in [-0.25, -0.2) is 13.2 Å². The van der Waals surface area contributed by atoms with Crippen LogP contribution in [0.4, 0.5) is 4.79 Å². The number of hydrogen-bond donors (Lipinski definition) is 0. The molecule has 4 aliphatic rings. The first-order valence-electron chi connectivity index (χ1n) is 12.1. The molecule has 2 aromatic carbocycles. The Balaban J connectivity index is 1.59. The van der Waals surface area contributed by atoms with Crippen LogP contribution < -0.4 is 0 Å². The highest BCUT2D eigenvalue weighted by Gasteiger charge is 2.52. The maximum absolute atomic E-state index is 13.9. The van der Waals surface area contributed by atoms with Gasteiger partial charge in [-0.2, -0.15) is 4.31 Å². The summed E-state index contributed by atoms with van der Waals surface area (Å²) in [6.07, 6.45) is 3.90. The molecule has 2 bridgehead atoms. The Labute approximate surface area is 202 Å². The number of carbonyl (C=O) groups excluding carboxylic acids is 1. The zero-order valence-corrected chi connectivity index (χ0v) is 20.7. The predicted octanol–water partition coefficient (Wildman–Crippen LogP) is 4.75. The van der Waals surface area contributed by atoms with E-state index < -0.39 is 10.0 Å². The lowest BCUT2D eigenvalue weighted by molar-refractivity contribution is 0.105. The Hall–Kier alpha value is -2.64. The van der Waals surface area contributed by atoms with Gasteiger partial charge in [-0.1, -0.05) is 61.9 Å². The average molecular weight is 481 g/mol. The van der Waals surface area contributed by atoms with Crippen LogP contribution in [0.15, 0.2) is 71.3 Å². The largest absolute Gasteiger partial charge is 0.447 e. The first kappa shape index (κ1) is 23.1. The molecule has 2 saturated heterocycles. The second-order valence-electron chi connectivity index (χ2n) is 10.0. The lowest BCUT2D eigenvalue weighted by atomic mass is 9.76. The van der Waals surface area contributed by atoms with Crippen LogP contribution in [0.2, 0.25) is 0 Å². The summed E-state index contributed by atoms with van der Waals surface area (Å²) in [5.74, 6) is 0.171. The molecule has 1 amide bonds. The smallest absolute Gasteiger partial charge is 0.414 e. The summed E-state index contributed by atoms with van der Waals surface area (Å²) in [4.78, 5) is 14.9. The summed E-state index contributed by atoms with van der Waals surface area (Å²) in [5.41, 5.74) is 3.05. The molecule has 0 N–H and O–H groups in total. The van der Waals surface area contributed by atoms with Crippen LogP contribution in [-0.4, -0.2) is 48.4 Å². The van der Waals surface area contributed by atoms with E-state index in [4.69, 9.17) is 4.74 Å². The quantitative estimate of drug-likeness (QED) is 0.598. The second kappa shape index (κ2) is 8.86. The molecule has 0 aromatic heterocycles. The van der Waals surface area contributed by atoms with Gasteiger partial charge in [0.25, 0.3) is 0 Å². The molecule has 2 fully saturated rings. The molecule has 0 saturated carbocycles. The number of fused-ring (bicyclic) bond motifs is 2. The van der Waals surface area contributed by atoms with E-state index in [1.165, 1.54) is 0 Å². The van der Waals surface area contributed by atoms with Crippen LogP contribution in [0, 0.1) is 18.8 Å². The number of piperidine rings is 1. The van der Waals surface area contributed by atoms with Crippen LogP contribution in [0.25, 0.3) is 0 Å². The molecule has 6 nitrogen and oxygen atoms in total. The Morgan fingerprint density at radius 2 is 1.74 bits per heavy atom. The van der Waals surface area contributed by atoms with Crippen molar-refractivity contribution in [3.05, 3.63) is 77.5 Å². The number of sulfonamides is 1. The minimum atomic E-state index is -3.72. The molecule has 7 heteroatoms. The number of aryl methyl sites for hydroxylation is 1. The fourth-order valence-electron chi connectivity index (χ4n) is 5.67. The number of hydrogen-bond acceptors (Lipinski definition) is 4. The molecular weight excluding hydrogens is 448 g/mol. The molecule has 4 atom stereocenters. The molecule has 3 heterocycles. The third-order valence-electron chi connectivity index (χ3n) is 7.47. The van der Waals surface area contributed by atoms with Crippen molar-refractivity contribution in [1.29, 1.82) is 0 Å². The molecule has 2 unspecified atom stereocenters. The Kier molecular flexibility index (Phi) is 6.02. The van der Waals surface area contributed by atoms with Crippen molar-refractivity contribution < 1.29 is 17.9 Å². The number of carbonyl (C=O) groups is 1. The van der Waals surface area contributed by atoms with Crippen LogP contribution in [-0.2, 0) is 21.2 Å². The minimum absolute atomic E-state index is 0.0300. The summed E-state index contributed by atoms with van der Waals surface area (Å²) in [5, 5.41) is 0. The molecule has 6 rings (SSSR count). The maximum Gasteiger partial charge on any atom is 0.414 e. The number of cyclic esters (lactones) is 1. The van der Waals surface area contributed by atoms with Crippen molar-refractivity contribution in [3.63, 3.8) is 0 Å². The van der Waals surface area contributed by atoms with Gasteiger partial charge in [0.15, 0.2) is 0 Å². The van der Waals surface area contributed by atoms with Crippen LogP contribution in [0.5, 0.6) is 0 Å². The lowest BCUT2D eigenvalue weighted by Gasteiger charge is -2.51. The second-order valence-corrected chi connectivity index (χ2v) is 11.8. The van der Waals surface area contributed by atoms with Gasteiger partial charge in [-0.3, -0.25) is 4.90 Å². The van der Waals surface area contributed by atoms with Crippen LogP contribution in [0.1, 0.15) is 37.8 Å². The van der Waals surface area contributed by atoms with E-state index in [1.54, 1.807) is 16.4 Å². The molecular formula is C27H32N2O4S. The van der Waals surface area contributed by atoms with E-state index >= 15 is 0 Å². The van der Waals surface area contributed by atoms with Gasteiger partial charge < -0.3 is 4.74 Å². The van der Waals surface area contributed by atoms with Gasteiger partial charge in [-0.05, 0) is 55.9 Å². The zero-order chi connectivity index (χ0) is 24.0. The molecule has 180 valence electrons. The summed E-state index contributed by atoms with van der Waals surface area (Å²) >= 11 is 0. The summed E-state index contributed by atoms with van der Waals surface area (Å²) in [7, 11) is -3.72. The SMILES string of the molecule is Cc1ccc(S(=O)(=O)N2C3C=C(N4C(=O)OC[C@H]4C(C)C)C(CC3)[C@@H]2Cc2ccccc2)cc1. The molecule has 0 radical (unpaired) electrons. The van der Waals surface area contributed by atoms with E-state index in [-0.39, 0.29) is 36.1 Å². The van der Waals surface area contributed by atoms with Crippen molar-refractivity contribution in [2.75, 3.05) is 6.61 Å². The van der Waals surface area contributed by atoms with Crippen molar-refractivity contribution in [1.82, 2.24) is 9.21 Å². The Morgan fingerprint density at radius 1 is 1.03 bits per heavy atom. The van der Waals surface area contributed by atoms with Gasteiger partial charge in [0, 0.05) is 23.7 Å². The summed E-state index contributed by atoms with van der Waals surface area (Å²) in [6, 6.07) is 16.5. The summed E-state index contributed by atoms with van der Waals surface area (Å²) < 4.78 is 35.0. The van der Waals surface area contributed by atoms with Gasteiger partial charge in [0.1, 0.15) is 6.61 Å². The van der Waals surface area contributed by atoms with E-state index in [2.05, 4.69) is 13.8 Å². The van der Waals surface area contributed by atoms with E-state index in [9.17, 15) is 13.2 Å². The molecule has 2 aromatic rings. The number of rotatable bonds is 6. The third kappa shape index (κ3) is 3.95. The molecule has 0 spiro atoms. The van der Waals surface area contributed by atoms with Crippen LogP contribution in [0.3, 0.4) is 0 Å². The third-order valence-corrected chi connectivity index (χ3v) is 9.44. The van der Waals surface area contributed by atoms with E-state index in [1.807, 2.05) is 60.4 Å². The van der Waals surface area contributed by atoms with Crippen molar-refractivity contribution >= 4 is 16.1 Å². The normalized spacial score (nSPS) is 27.2. The topological polar surface area (TPSA) is 66.9 Å². The summed E-state index contributed by atoms with van der Waals surface area (Å²) in [6.45, 7) is 6.51. The van der Waals surface area contributed by atoms with E-state index in [0.29, 0.717) is 17.9 Å². The fraction of sp³-hybridized carbons (Fsp3) is 0.444. The number of nitrogens with zero attached hydrogens (tertiary/aromatic N) is 2. The van der Waals surface area contributed by atoms with Gasteiger partial charge >= 0.3 is 6.09 Å². The highest BCUT2D eigenvalue weighted by molar-refractivity contribution is 7.89. The first-order chi connectivity index (χ1) is 16.3. The van der Waals surface area contributed by atoms with Crippen molar-refractivity contribution in [2.24, 2.45) is 11.8 Å². The number of ether oxygens (including phenoxy) is 1. The first-order valence-corrected chi connectivity index (χ1v) is 13.5. The minimum Gasteiger partial charge on any atom is -0.447 e. The standard InChI is InChI=1S/C27H32N2O4S/c1-18(2)26-17-33-27(30)28(26)24-16-21-11-14-23(24)25(15-20-7-5-4-6-8-20)29(21)34(31,32)22-12-9-19(3)10-13-22/h4-10,12-13,16,18,21,23,25-26H,11,14-15,17H2,1-3H3/t21?,23?,25-,26-/m0/s1. The van der Waals surface area contributed by atoms with E-state index in [0.717, 1.165) is 29.7 Å². The molecule has 3 aliphatic heterocycles. The molecule has 34 heavy (non-hydrogen) atoms. The van der Waals surface area contributed by atoms with Gasteiger partial charge in [-0.15, -0.1) is 0 Å².